The molecule has 1 aliphatic carbocycles. The van der Waals surface area contributed by atoms with E-state index < -0.39 is 0 Å². The summed E-state index contributed by atoms with van der Waals surface area (Å²) in [6.45, 7) is 0.851. The number of rotatable bonds is 3. The second-order valence-electron chi connectivity index (χ2n) is 4.74. The number of carbonyl (C=O) groups excluding carboxylic acids is 1. The van der Waals surface area contributed by atoms with Crippen LogP contribution in [0.3, 0.4) is 0 Å². The van der Waals surface area contributed by atoms with E-state index in [1.54, 1.807) is 0 Å². The number of carbonyl (C=O) groups is 1. The SMILES string of the molecule is CN(CC1CC(Br)C1)C(=O)c1cc(Br)ccc1I. The minimum absolute atomic E-state index is 0.110. The van der Waals surface area contributed by atoms with Crippen LogP contribution >= 0.6 is 54.5 Å². The summed E-state index contributed by atoms with van der Waals surface area (Å²) in [5.74, 6) is 0.756. The van der Waals surface area contributed by atoms with Crippen LogP contribution < -0.4 is 0 Å². The van der Waals surface area contributed by atoms with E-state index in [0.717, 1.165) is 20.2 Å². The molecule has 2 nitrogen and oxygen atoms in total. The van der Waals surface area contributed by atoms with Gasteiger partial charge in [0.05, 0.1) is 5.56 Å². The predicted octanol–water partition coefficient (Wildman–Crippen LogP) is 4.30. The predicted molar refractivity (Wildman–Crippen MR) is 89.3 cm³/mol. The Labute approximate surface area is 138 Å². The van der Waals surface area contributed by atoms with Crippen LogP contribution in [0.25, 0.3) is 0 Å². The van der Waals surface area contributed by atoms with E-state index in [9.17, 15) is 4.79 Å². The normalized spacial score (nSPS) is 22.4. The van der Waals surface area contributed by atoms with Crippen molar-refractivity contribution < 1.29 is 4.79 Å². The van der Waals surface area contributed by atoms with E-state index in [1.807, 2.05) is 30.1 Å². The van der Waals surface area contributed by atoms with Gasteiger partial charge in [0.15, 0.2) is 0 Å². The number of alkyl halides is 1. The summed E-state index contributed by atoms with van der Waals surface area (Å²) in [5, 5.41) is 0. The number of hydrogen-bond donors (Lipinski definition) is 0. The Morgan fingerprint density at radius 1 is 1.50 bits per heavy atom. The van der Waals surface area contributed by atoms with Crippen molar-refractivity contribution in [3.8, 4) is 0 Å². The van der Waals surface area contributed by atoms with Crippen molar-refractivity contribution in [2.24, 2.45) is 5.92 Å². The standard InChI is InChI=1S/C13H14Br2INO/c1-17(7-8-4-10(15)5-8)13(18)11-6-9(14)2-3-12(11)16/h2-3,6,8,10H,4-5,7H2,1H3. The lowest BCUT2D eigenvalue weighted by Gasteiger charge is -2.34. The third-order valence-electron chi connectivity index (χ3n) is 3.22. The Balaban J connectivity index is 2.03. The molecule has 2 rings (SSSR count). The van der Waals surface area contributed by atoms with Gasteiger partial charge in [0.1, 0.15) is 0 Å². The highest BCUT2D eigenvalue weighted by atomic mass is 127. The molecular weight excluding hydrogens is 473 g/mol. The summed E-state index contributed by atoms with van der Waals surface area (Å²) in [5.41, 5.74) is 0.780. The molecule has 1 aromatic rings. The first kappa shape index (κ1) is 14.8. The van der Waals surface area contributed by atoms with Crippen molar-refractivity contribution in [3.05, 3.63) is 31.8 Å². The molecule has 0 aromatic heterocycles. The van der Waals surface area contributed by atoms with Crippen molar-refractivity contribution in [2.75, 3.05) is 13.6 Å². The summed E-state index contributed by atoms with van der Waals surface area (Å²) >= 11 is 9.21. The van der Waals surface area contributed by atoms with Gasteiger partial charge in [-0.25, -0.2) is 0 Å². The molecule has 1 aromatic carbocycles. The molecule has 0 heterocycles. The third-order valence-corrected chi connectivity index (χ3v) is 5.40. The van der Waals surface area contributed by atoms with Gasteiger partial charge >= 0.3 is 0 Å². The van der Waals surface area contributed by atoms with Crippen LogP contribution in [0.1, 0.15) is 23.2 Å². The first-order chi connectivity index (χ1) is 8.47. The molecular formula is C13H14Br2INO. The lowest BCUT2D eigenvalue weighted by atomic mass is 9.85. The zero-order valence-corrected chi connectivity index (χ0v) is 15.3. The van der Waals surface area contributed by atoms with Gasteiger partial charge in [-0.2, -0.15) is 0 Å². The summed E-state index contributed by atoms with van der Waals surface area (Å²) in [4.78, 5) is 14.9. The van der Waals surface area contributed by atoms with Crippen LogP contribution in [0.4, 0.5) is 0 Å². The number of benzene rings is 1. The Hall–Kier alpha value is 0.380. The molecule has 0 saturated heterocycles. The van der Waals surface area contributed by atoms with Gasteiger partial charge in [-0.15, -0.1) is 0 Å². The average Bonchev–Trinajstić information content (AvgIpc) is 2.29. The van der Waals surface area contributed by atoms with E-state index >= 15 is 0 Å². The molecule has 0 spiro atoms. The van der Waals surface area contributed by atoms with Gasteiger partial charge in [0.2, 0.25) is 0 Å². The molecule has 18 heavy (non-hydrogen) atoms. The van der Waals surface area contributed by atoms with E-state index in [0.29, 0.717) is 10.7 Å². The number of halogens is 3. The molecule has 0 atom stereocenters. The van der Waals surface area contributed by atoms with E-state index in [-0.39, 0.29) is 5.91 Å². The first-order valence-electron chi connectivity index (χ1n) is 5.82. The Bertz CT molecular complexity index is 460. The molecule has 5 heteroatoms. The maximum absolute atomic E-state index is 12.4. The van der Waals surface area contributed by atoms with E-state index in [2.05, 4.69) is 54.5 Å². The monoisotopic (exact) mass is 485 g/mol. The Morgan fingerprint density at radius 3 is 2.78 bits per heavy atom. The smallest absolute Gasteiger partial charge is 0.254 e. The second kappa shape index (κ2) is 6.22. The quantitative estimate of drug-likeness (QED) is 0.461. The fraction of sp³-hybridized carbons (Fsp3) is 0.462. The van der Waals surface area contributed by atoms with Gasteiger partial charge in [-0.1, -0.05) is 31.9 Å². The lowest BCUT2D eigenvalue weighted by Crippen LogP contribution is -2.38. The van der Waals surface area contributed by atoms with Crippen molar-refractivity contribution in [1.29, 1.82) is 0 Å². The van der Waals surface area contributed by atoms with Crippen LogP contribution in [0, 0.1) is 9.49 Å². The Morgan fingerprint density at radius 2 is 2.17 bits per heavy atom. The highest BCUT2D eigenvalue weighted by Gasteiger charge is 2.29. The first-order valence-corrected chi connectivity index (χ1v) is 8.60. The molecule has 1 fully saturated rings. The number of hydrogen-bond acceptors (Lipinski definition) is 1. The zero-order chi connectivity index (χ0) is 13.3. The van der Waals surface area contributed by atoms with Crippen molar-refractivity contribution in [1.82, 2.24) is 4.90 Å². The average molecular weight is 487 g/mol. The molecule has 0 bridgehead atoms. The van der Waals surface area contributed by atoms with Gasteiger partial charge in [-0.05, 0) is 59.5 Å². The number of amides is 1. The topological polar surface area (TPSA) is 20.3 Å². The second-order valence-corrected chi connectivity index (χ2v) is 8.12. The van der Waals surface area contributed by atoms with Gasteiger partial charge in [-0.3, -0.25) is 4.79 Å². The minimum atomic E-state index is 0.110. The fourth-order valence-corrected chi connectivity index (χ4v) is 4.13. The van der Waals surface area contributed by atoms with Crippen molar-refractivity contribution >= 4 is 60.4 Å². The van der Waals surface area contributed by atoms with Crippen LogP contribution in [0.2, 0.25) is 0 Å². The van der Waals surface area contributed by atoms with Gasteiger partial charge in [0, 0.05) is 26.5 Å². The highest BCUT2D eigenvalue weighted by molar-refractivity contribution is 14.1. The molecule has 1 amide bonds. The number of nitrogens with zero attached hydrogens (tertiary/aromatic N) is 1. The summed E-state index contributed by atoms with van der Waals surface area (Å²) in [6, 6.07) is 5.82. The van der Waals surface area contributed by atoms with Gasteiger partial charge in [0.25, 0.3) is 5.91 Å². The summed E-state index contributed by atoms with van der Waals surface area (Å²) in [7, 11) is 1.89. The largest absolute Gasteiger partial charge is 0.341 e. The molecule has 0 radical (unpaired) electrons. The Kier molecular flexibility index (Phi) is 5.11. The van der Waals surface area contributed by atoms with Gasteiger partial charge < -0.3 is 4.90 Å². The minimum Gasteiger partial charge on any atom is -0.341 e. The van der Waals surface area contributed by atoms with Crippen LogP contribution in [0.5, 0.6) is 0 Å². The molecule has 0 aliphatic heterocycles. The summed E-state index contributed by atoms with van der Waals surface area (Å²) < 4.78 is 1.95. The van der Waals surface area contributed by atoms with E-state index in [1.165, 1.54) is 12.8 Å². The lowest BCUT2D eigenvalue weighted by molar-refractivity contribution is 0.0747. The maximum atomic E-state index is 12.4. The van der Waals surface area contributed by atoms with E-state index in [4.69, 9.17) is 0 Å². The van der Waals surface area contributed by atoms with Crippen LogP contribution in [-0.4, -0.2) is 29.2 Å². The maximum Gasteiger partial charge on any atom is 0.254 e. The molecule has 0 unspecified atom stereocenters. The van der Waals surface area contributed by atoms with Crippen LogP contribution in [0.15, 0.2) is 22.7 Å². The molecule has 1 saturated carbocycles. The molecule has 0 N–H and O–H groups in total. The molecule has 98 valence electrons. The van der Waals surface area contributed by atoms with Crippen LogP contribution in [-0.2, 0) is 0 Å². The van der Waals surface area contributed by atoms with Crippen molar-refractivity contribution in [3.63, 3.8) is 0 Å². The summed E-state index contributed by atoms with van der Waals surface area (Å²) in [6.07, 6.45) is 2.35. The molecule has 1 aliphatic rings. The fourth-order valence-electron chi connectivity index (χ4n) is 2.14. The zero-order valence-electron chi connectivity index (χ0n) is 10.00. The third kappa shape index (κ3) is 3.48. The van der Waals surface area contributed by atoms with Crippen molar-refractivity contribution in [2.45, 2.75) is 17.7 Å². The highest BCUT2D eigenvalue weighted by Crippen LogP contribution is 2.34.